The number of fused-ring (bicyclic) bond motifs is 1. The fraction of sp³-hybridized carbons (Fsp3) is 0.118. The van der Waals surface area contributed by atoms with Crippen molar-refractivity contribution in [1.29, 1.82) is 0 Å². The summed E-state index contributed by atoms with van der Waals surface area (Å²) in [5, 5.41) is 0. The van der Waals surface area contributed by atoms with Gasteiger partial charge in [0.05, 0.1) is 23.7 Å². The van der Waals surface area contributed by atoms with Gasteiger partial charge in [-0.25, -0.2) is 14.8 Å². The second-order valence-electron chi connectivity index (χ2n) is 4.92. The van der Waals surface area contributed by atoms with Crippen LogP contribution in [0.25, 0.3) is 22.3 Å². The second-order valence-corrected chi connectivity index (χ2v) is 5.68. The highest BCUT2D eigenvalue weighted by molar-refractivity contribution is 9.10. The smallest absolute Gasteiger partial charge is 0.337 e. The molecule has 110 valence electrons. The molecule has 1 aromatic heterocycles. The van der Waals surface area contributed by atoms with E-state index in [0.29, 0.717) is 15.7 Å². The minimum absolute atomic E-state index is 0.387. The van der Waals surface area contributed by atoms with E-state index < -0.39 is 0 Å². The number of ether oxygens (including phenoxy) is 1. The van der Waals surface area contributed by atoms with Crippen LogP contribution < -0.4 is 0 Å². The molecule has 0 fully saturated rings. The Kier molecular flexibility index (Phi) is 3.90. The molecule has 1 heterocycles. The molecule has 4 nitrogen and oxygen atoms in total. The summed E-state index contributed by atoms with van der Waals surface area (Å²) in [7, 11) is 1.36. The van der Waals surface area contributed by atoms with Crippen molar-refractivity contribution in [2.75, 3.05) is 7.11 Å². The fourth-order valence-corrected chi connectivity index (χ4v) is 2.68. The minimum atomic E-state index is -0.387. The largest absolute Gasteiger partial charge is 0.465 e. The number of esters is 1. The highest BCUT2D eigenvalue weighted by atomic mass is 79.9. The van der Waals surface area contributed by atoms with Gasteiger partial charge in [0.15, 0.2) is 0 Å². The molecule has 0 unspecified atom stereocenters. The summed E-state index contributed by atoms with van der Waals surface area (Å²) < 4.78 is 5.37. The average molecular weight is 357 g/mol. The van der Waals surface area contributed by atoms with Crippen molar-refractivity contribution in [3.8, 4) is 11.3 Å². The quantitative estimate of drug-likeness (QED) is 0.647. The molecule has 22 heavy (non-hydrogen) atoms. The van der Waals surface area contributed by atoms with Crippen LogP contribution in [0.5, 0.6) is 0 Å². The first kappa shape index (κ1) is 14.7. The van der Waals surface area contributed by atoms with E-state index >= 15 is 0 Å². The maximum Gasteiger partial charge on any atom is 0.337 e. The Balaban J connectivity index is 2.13. The van der Waals surface area contributed by atoms with E-state index in [0.717, 1.165) is 16.8 Å². The molecule has 0 N–H and O–H groups in total. The summed E-state index contributed by atoms with van der Waals surface area (Å²) in [6.45, 7) is 2.04. The van der Waals surface area contributed by atoms with Crippen LogP contribution in [-0.2, 0) is 4.74 Å². The number of benzene rings is 2. The molecule has 0 atom stereocenters. The predicted molar refractivity (Wildman–Crippen MR) is 88.8 cm³/mol. The van der Waals surface area contributed by atoms with Crippen LogP contribution in [0.3, 0.4) is 0 Å². The van der Waals surface area contributed by atoms with Gasteiger partial charge in [-0.1, -0.05) is 29.8 Å². The van der Waals surface area contributed by atoms with Gasteiger partial charge in [-0.2, -0.15) is 0 Å². The van der Waals surface area contributed by atoms with Gasteiger partial charge in [-0.3, -0.25) is 0 Å². The Labute approximate surface area is 136 Å². The number of nitrogens with zero attached hydrogens (tertiary/aromatic N) is 2. The zero-order chi connectivity index (χ0) is 15.7. The standard InChI is InChI=1S/C17H13BrN2O2/c1-10-3-5-11(6-4-10)15-16(18)20-14-9-12(17(21)22-2)7-8-13(14)19-15/h3-9H,1-2H3. The molecule has 0 spiro atoms. The molecule has 3 rings (SSSR count). The Hall–Kier alpha value is -2.27. The summed E-state index contributed by atoms with van der Waals surface area (Å²) in [5.41, 5.74) is 4.79. The number of rotatable bonds is 2. The van der Waals surface area contributed by atoms with E-state index in [4.69, 9.17) is 4.74 Å². The normalized spacial score (nSPS) is 10.7. The number of carbonyl (C=O) groups is 1. The van der Waals surface area contributed by atoms with E-state index in [-0.39, 0.29) is 5.97 Å². The van der Waals surface area contributed by atoms with Gasteiger partial charge in [0, 0.05) is 5.56 Å². The number of aryl methyl sites for hydroxylation is 1. The molecule has 5 heteroatoms. The van der Waals surface area contributed by atoms with Crippen molar-refractivity contribution in [2.24, 2.45) is 0 Å². The zero-order valence-electron chi connectivity index (χ0n) is 12.1. The molecule has 0 aliphatic heterocycles. The topological polar surface area (TPSA) is 52.1 Å². The lowest BCUT2D eigenvalue weighted by Crippen LogP contribution is -2.01. The van der Waals surface area contributed by atoms with E-state index in [1.165, 1.54) is 12.7 Å². The molecule has 0 aliphatic carbocycles. The second kappa shape index (κ2) is 5.85. The van der Waals surface area contributed by atoms with Crippen LogP contribution in [0.15, 0.2) is 47.1 Å². The van der Waals surface area contributed by atoms with Crippen molar-refractivity contribution in [2.45, 2.75) is 6.92 Å². The summed E-state index contributed by atoms with van der Waals surface area (Å²) in [4.78, 5) is 20.7. The number of hydrogen-bond donors (Lipinski definition) is 0. The Bertz CT molecular complexity index is 860. The fourth-order valence-electron chi connectivity index (χ4n) is 2.17. The summed E-state index contributed by atoms with van der Waals surface area (Å²) >= 11 is 3.46. The zero-order valence-corrected chi connectivity index (χ0v) is 13.7. The average Bonchev–Trinajstić information content (AvgIpc) is 2.54. The number of hydrogen-bond acceptors (Lipinski definition) is 4. The van der Waals surface area contributed by atoms with Gasteiger partial charge in [0.25, 0.3) is 0 Å². The SMILES string of the molecule is COC(=O)c1ccc2nc(-c3ccc(C)cc3)c(Br)nc2c1. The van der Waals surface area contributed by atoms with Gasteiger partial charge in [0.1, 0.15) is 10.3 Å². The molecule has 0 saturated carbocycles. The van der Waals surface area contributed by atoms with Crippen molar-refractivity contribution in [1.82, 2.24) is 9.97 Å². The summed E-state index contributed by atoms with van der Waals surface area (Å²) in [6, 6.07) is 13.2. The first-order valence-corrected chi connectivity index (χ1v) is 7.50. The highest BCUT2D eigenvalue weighted by Crippen LogP contribution is 2.27. The Morgan fingerprint density at radius 1 is 1.05 bits per heavy atom. The first-order valence-electron chi connectivity index (χ1n) is 6.71. The lowest BCUT2D eigenvalue weighted by molar-refractivity contribution is 0.0601. The van der Waals surface area contributed by atoms with Crippen LogP contribution in [-0.4, -0.2) is 23.0 Å². The van der Waals surface area contributed by atoms with Crippen molar-refractivity contribution in [3.05, 3.63) is 58.2 Å². The Morgan fingerprint density at radius 3 is 2.45 bits per heavy atom. The molecular weight excluding hydrogens is 344 g/mol. The molecule has 0 amide bonds. The maximum atomic E-state index is 11.6. The van der Waals surface area contributed by atoms with E-state index in [9.17, 15) is 4.79 Å². The van der Waals surface area contributed by atoms with E-state index in [2.05, 4.69) is 25.9 Å². The van der Waals surface area contributed by atoms with Crippen LogP contribution in [0, 0.1) is 6.92 Å². The van der Waals surface area contributed by atoms with E-state index in [1.54, 1.807) is 18.2 Å². The van der Waals surface area contributed by atoms with Gasteiger partial charge < -0.3 is 4.74 Å². The van der Waals surface area contributed by atoms with Crippen LogP contribution in [0.1, 0.15) is 15.9 Å². The predicted octanol–water partition coefficient (Wildman–Crippen LogP) is 4.15. The first-order chi connectivity index (χ1) is 10.6. The molecule has 0 saturated heterocycles. The highest BCUT2D eigenvalue weighted by Gasteiger charge is 2.11. The molecule has 0 aliphatic rings. The van der Waals surface area contributed by atoms with Crippen LogP contribution in [0.2, 0.25) is 0 Å². The molecule has 3 aromatic rings. The summed E-state index contributed by atoms with van der Waals surface area (Å²) in [5.74, 6) is -0.387. The van der Waals surface area contributed by atoms with Crippen LogP contribution in [0.4, 0.5) is 0 Å². The van der Waals surface area contributed by atoms with Crippen molar-refractivity contribution >= 4 is 32.9 Å². The van der Waals surface area contributed by atoms with Gasteiger partial charge in [-0.15, -0.1) is 0 Å². The lowest BCUT2D eigenvalue weighted by Gasteiger charge is -2.07. The maximum absolute atomic E-state index is 11.6. The number of carbonyl (C=O) groups excluding carboxylic acids is 1. The van der Waals surface area contributed by atoms with Gasteiger partial charge in [0.2, 0.25) is 0 Å². The summed E-state index contributed by atoms with van der Waals surface area (Å²) in [6.07, 6.45) is 0. The third kappa shape index (κ3) is 2.72. The molecule has 0 radical (unpaired) electrons. The van der Waals surface area contributed by atoms with Gasteiger partial charge >= 0.3 is 5.97 Å². The van der Waals surface area contributed by atoms with Crippen molar-refractivity contribution < 1.29 is 9.53 Å². The van der Waals surface area contributed by atoms with Crippen LogP contribution >= 0.6 is 15.9 Å². The molecular formula is C17H13BrN2O2. The lowest BCUT2D eigenvalue weighted by atomic mass is 10.1. The van der Waals surface area contributed by atoms with E-state index in [1.807, 2.05) is 31.2 Å². The third-order valence-corrected chi connectivity index (χ3v) is 3.92. The number of methoxy groups -OCH3 is 1. The Morgan fingerprint density at radius 2 is 1.77 bits per heavy atom. The molecule has 0 bridgehead atoms. The number of aromatic nitrogens is 2. The monoisotopic (exact) mass is 356 g/mol. The number of halogens is 1. The van der Waals surface area contributed by atoms with Crippen molar-refractivity contribution in [3.63, 3.8) is 0 Å². The van der Waals surface area contributed by atoms with Gasteiger partial charge in [-0.05, 0) is 41.1 Å². The third-order valence-electron chi connectivity index (χ3n) is 3.37. The minimum Gasteiger partial charge on any atom is -0.465 e. The molecule has 2 aromatic carbocycles.